The molecule has 1 aliphatic rings. The molecule has 0 radical (unpaired) electrons. The van der Waals surface area contributed by atoms with Gasteiger partial charge in [-0.15, -0.1) is 0 Å². The molecule has 32 heavy (non-hydrogen) atoms. The molecule has 4 rings (SSSR count). The van der Waals surface area contributed by atoms with Crippen LogP contribution in [0.3, 0.4) is 0 Å². The molecule has 0 unspecified atom stereocenters. The smallest absolute Gasteiger partial charge is 0.289 e. The van der Waals surface area contributed by atoms with Crippen molar-refractivity contribution in [1.29, 1.82) is 0 Å². The number of phenols is 1. The molecule has 1 amide bonds. The second kappa shape index (κ2) is 8.80. The highest BCUT2D eigenvalue weighted by Crippen LogP contribution is 2.34. The Kier molecular flexibility index (Phi) is 5.91. The van der Waals surface area contributed by atoms with Crippen molar-refractivity contribution in [2.75, 3.05) is 19.6 Å². The van der Waals surface area contributed by atoms with Gasteiger partial charge in [0.25, 0.3) is 11.6 Å². The lowest BCUT2D eigenvalue weighted by Crippen LogP contribution is -2.53. The molecule has 9 heteroatoms. The molecule has 1 N–H and O–H groups in total. The summed E-state index contributed by atoms with van der Waals surface area (Å²) in [6.07, 6.45) is 0. The molecular weight excluding hydrogens is 417 g/mol. The molecule has 2 heterocycles. The lowest BCUT2D eigenvalue weighted by Gasteiger charge is -2.39. The summed E-state index contributed by atoms with van der Waals surface area (Å²) in [6, 6.07) is 13.1. The number of furan rings is 1. The van der Waals surface area contributed by atoms with Crippen molar-refractivity contribution >= 4 is 11.6 Å². The summed E-state index contributed by atoms with van der Waals surface area (Å²) in [5.74, 6) is -0.501. The van der Waals surface area contributed by atoms with E-state index in [2.05, 4.69) is 4.90 Å². The van der Waals surface area contributed by atoms with Crippen LogP contribution in [-0.4, -0.2) is 51.4 Å². The molecule has 166 valence electrons. The third-order valence-electron chi connectivity index (χ3n) is 5.55. The van der Waals surface area contributed by atoms with Crippen molar-refractivity contribution in [3.05, 3.63) is 81.9 Å². The van der Waals surface area contributed by atoms with Crippen LogP contribution in [0.4, 0.5) is 10.1 Å². The number of carbonyl (C=O) groups is 1. The Morgan fingerprint density at radius 2 is 1.94 bits per heavy atom. The number of phenolic OH excluding ortho intramolecular Hbond substituents is 1. The predicted octanol–water partition coefficient (Wildman–Crippen LogP) is 4.05. The average molecular weight is 439 g/mol. The van der Waals surface area contributed by atoms with E-state index in [9.17, 15) is 24.4 Å². The van der Waals surface area contributed by atoms with Crippen LogP contribution in [0, 0.1) is 15.9 Å². The van der Waals surface area contributed by atoms with Gasteiger partial charge in [0.05, 0.1) is 16.6 Å². The van der Waals surface area contributed by atoms with Crippen molar-refractivity contribution in [2.24, 2.45) is 0 Å². The normalized spacial score (nSPS) is 16.8. The molecule has 3 aromatic rings. The summed E-state index contributed by atoms with van der Waals surface area (Å²) in [5.41, 5.74) is 0.884. The fraction of sp³-hybridized carbons (Fsp3) is 0.261. The molecule has 1 fully saturated rings. The highest BCUT2D eigenvalue weighted by molar-refractivity contribution is 5.92. The van der Waals surface area contributed by atoms with Crippen LogP contribution >= 0.6 is 0 Å². The van der Waals surface area contributed by atoms with Gasteiger partial charge < -0.3 is 14.4 Å². The van der Waals surface area contributed by atoms with E-state index in [-0.39, 0.29) is 46.3 Å². The van der Waals surface area contributed by atoms with E-state index in [1.54, 1.807) is 17.0 Å². The first-order valence-electron chi connectivity index (χ1n) is 10.2. The number of nitro benzene ring substituents is 1. The largest absolute Gasteiger partial charge is 0.508 e. The number of amides is 1. The maximum atomic E-state index is 13.1. The van der Waals surface area contributed by atoms with Crippen LogP contribution < -0.4 is 0 Å². The Bertz CT molecular complexity index is 1140. The molecule has 0 spiro atoms. The van der Waals surface area contributed by atoms with E-state index >= 15 is 0 Å². The molecule has 1 aromatic heterocycles. The van der Waals surface area contributed by atoms with Gasteiger partial charge >= 0.3 is 0 Å². The number of benzene rings is 2. The van der Waals surface area contributed by atoms with E-state index in [0.717, 1.165) is 11.6 Å². The van der Waals surface area contributed by atoms with Crippen LogP contribution in [0.25, 0.3) is 11.3 Å². The topological polar surface area (TPSA) is 100 Å². The minimum absolute atomic E-state index is 0.0757. The van der Waals surface area contributed by atoms with Crippen molar-refractivity contribution in [2.45, 2.75) is 19.5 Å². The van der Waals surface area contributed by atoms with Crippen LogP contribution in [0.5, 0.6) is 5.75 Å². The van der Waals surface area contributed by atoms with E-state index in [4.69, 9.17) is 4.42 Å². The molecular formula is C23H22FN3O5. The van der Waals surface area contributed by atoms with E-state index in [1.807, 2.05) is 6.92 Å². The predicted molar refractivity (Wildman–Crippen MR) is 115 cm³/mol. The van der Waals surface area contributed by atoms with Crippen molar-refractivity contribution in [3.63, 3.8) is 0 Å². The van der Waals surface area contributed by atoms with E-state index in [1.165, 1.54) is 36.4 Å². The van der Waals surface area contributed by atoms with Gasteiger partial charge in [-0.1, -0.05) is 12.1 Å². The minimum Gasteiger partial charge on any atom is -0.508 e. The Balaban J connectivity index is 1.45. The summed E-state index contributed by atoms with van der Waals surface area (Å²) < 4.78 is 18.8. The van der Waals surface area contributed by atoms with Gasteiger partial charge in [0, 0.05) is 32.2 Å². The van der Waals surface area contributed by atoms with Gasteiger partial charge in [0.15, 0.2) is 5.76 Å². The first kappa shape index (κ1) is 21.5. The summed E-state index contributed by atoms with van der Waals surface area (Å²) in [7, 11) is 0. The molecule has 8 nitrogen and oxygen atoms in total. The van der Waals surface area contributed by atoms with Crippen LogP contribution in [0.1, 0.15) is 23.0 Å². The number of nitrogens with zero attached hydrogens (tertiary/aromatic N) is 3. The maximum absolute atomic E-state index is 13.1. The van der Waals surface area contributed by atoms with Gasteiger partial charge in [-0.2, -0.15) is 0 Å². The van der Waals surface area contributed by atoms with Gasteiger partial charge in [-0.3, -0.25) is 19.8 Å². The molecule has 0 saturated carbocycles. The summed E-state index contributed by atoms with van der Waals surface area (Å²) in [6.45, 7) is 4.42. The summed E-state index contributed by atoms with van der Waals surface area (Å²) in [5, 5.41) is 20.8. The Morgan fingerprint density at radius 3 is 2.62 bits per heavy atom. The van der Waals surface area contributed by atoms with Crippen LogP contribution in [-0.2, 0) is 6.54 Å². The van der Waals surface area contributed by atoms with Crippen molar-refractivity contribution < 1.29 is 23.6 Å². The zero-order chi connectivity index (χ0) is 22.8. The zero-order valence-electron chi connectivity index (χ0n) is 17.4. The van der Waals surface area contributed by atoms with Gasteiger partial charge in [-0.05, 0) is 48.9 Å². The summed E-state index contributed by atoms with van der Waals surface area (Å²) in [4.78, 5) is 27.7. The van der Waals surface area contributed by atoms with E-state index in [0.29, 0.717) is 26.2 Å². The third-order valence-corrected chi connectivity index (χ3v) is 5.55. The Morgan fingerprint density at radius 1 is 1.19 bits per heavy atom. The van der Waals surface area contributed by atoms with Gasteiger partial charge in [-0.25, -0.2) is 4.39 Å². The second-order valence-electron chi connectivity index (χ2n) is 7.83. The fourth-order valence-electron chi connectivity index (χ4n) is 3.94. The SMILES string of the molecule is C[C@H]1CN(Cc2ccc(F)cc2)CCN1C(=O)c1ccc(-c2ccc(O)cc2[N+](=O)[O-])o1. The maximum Gasteiger partial charge on any atom is 0.289 e. The first-order valence-corrected chi connectivity index (χ1v) is 10.2. The monoisotopic (exact) mass is 439 g/mol. The summed E-state index contributed by atoms with van der Waals surface area (Å²) >= 11 is 0. The quantitative estimate of drug-likeness (QED) is 0.476. The van der Waals surface area contributed by atoms with Gasteiger partial charge in [0.2, 0.25) is 0 Å². The lowest BCUT2D eigenvalue weighted by molar-refractivity contribution is -0.384. The van der Waals surface area contributed by atoms with Crippen LogP contribution in [0.2, 0.25) is 0 Å². The second-order valence-corrected chi connectivity index (χ2v) is 7.83. The number of halogens is 1. The van der Waals surface area contributed by atoms with Gasteiger partial charge in [0.1, 0.15) is 17.3 Å². The Hall–Kier alpha value is -3.72. The number of piperazine rings is 1. The molecule has 0 bridgehead atoms. The Labute approximate surface area is 183 Å². The highest BCUT2D eigenvalue weighted by Gasteiger charge is 2.30. The van der Waals surface area contributed by atoms with Crippen molar-refractivity contribution in [1.82, 2.24) is 9.80 Å². The number of rotatable bonds is 5. The van der Waals surface area contributed by atoms with Crippen LogP contribution in [0.15, 0.2) is 59.0 Å². The number of hydrogen-bond acceptors (Lipinski definition) is 6. The molecule has 2 aromatic carbocycles. The van der Waals surface area contributed by atoms with Crippen molar-refractivity contribution in [3.8, 4) is 17.1 Å². The number of carbonyl (C=O) groups excluding carboxylic acids is 1. The molecule has 1 aliphatic heterocycles. The average Bonchev–Trinajstić information content (AvgIpc) is 3.25. The number of aromatic hydroxyl groups is 1. The minimum atomic E-state index is -0.610. The fourth-order valence-corrected chi connectivity index (χ4v) is 3.94. The number of nitro groups is 1. The standard InChI is InChI=1S/C23H22FN3O5/c1-15-13-25(14-16-2-4-17(24)5-3-16)10-11-26(15)23(29)22-9-8-21(32-22)19-7-6-18(28)12-20(19)27(30)31/h2-9,12,15,28H,10-11,13-14H2,1H3/t15-/m0/s1. The zero-order valence-corrected chi connectivity index (χ0v) is 17.4. The number of hydrogen-bond donors (Lipinski definition) is 1. The third kappa shape index (κ3) is 4.47. The first-order chi connectivity index (χ1) is 15.3. The highest BCUT2D eigenvalue weighted by atomic mass is 19.1. The van der Waals surface area contributed by atoms with E-state index < -0.39 is 4.92 Å². The molecule has 0 aliphatic carbocycles. The molecule has 1 atom stereocenters. The lowest BCUT2D eigenvalue weighted by atomic mass is 10.1. The molecule has 1 saturated heterocycles.